The summed E-state index contributed by atoms with van der Waals surface area (Å²) in [7, 11) is 1.68. The second-order valence-corrected chi connectivity index (χ2v) is 7.99. The molecular weight excluding hydrogens is 356 g/mol. The quantitative estimate of drug-likeness (QED) is 0.713. The molecule has 2 rings (SSSR count). The lowest BCUT2D eigenvalue weighted by Gasteiger charge is -2.37. The number of amides is 1. The molecule has 8 heteroatoms. The van der Waals surface area contributed by atoms with Crippen LogP contribution < -0.4 is 16.2 Å². The minimum atomic E-state index is -0.388. The highest BCUT2D eigenvalue weighted by molar-refractivity contribution is 5.94. The minimum Gasteiger partial charge on any atom is -0.384 e. The van der Waals surface area contributed by atoms with E-state index in [2.05, 4.69) is 20.6 Å². The maximum atomic E-state index is 12.6. The summed E-state index contributed by atoms with van der Waals surface area (Å²) in [5.74, 6) is 0.210. The van der Waals surface area contributed by atoms with Crippen LogP contribution in [0.3, 0.4) is 0 Å². The van der Waals surface area contributed by atoms with Crippen LogP contribution >= 0.6 is 12.4 Å². The number of piperidine rings is 1. The number of halogens is 1. The van der Waals surface area contributed by atoms with Crippen LogP contribution in [0.15, 0.2) is 4.79 Å². The molecule has 0 spiro atoms. The molecule has 0 radical (unpaired) electrons. The van der Waals surface area contributed by atoms with Crippen molar-refractivity contribution in [1.82, 2.24) is 20.6 Å². The van der Waals surface area contributed by atoms with Crippen LogP contribution in [0.25, 0.3) is 0 Å². The Morgan fingerprint density at radius 2 is 1.92 bits per heavy atom. The van der Waals surface area contributed by atoms with Gasteiger partial charge in [0.1, 0.15) is 11.4 Å². The average Bonchev–Trinajstić information content (AvgIpc) is 2.53. The largest absolute Gasteiger partial charge is 0.384 e. The van der Waals surface area contributed by atoms with Gasteiger partial charge in [0.05, 0.1) is 12.3 Å². The Balaban J connectivity index is 0.00000338. The molecule has 1 aliphatic heterocycles. The summed E-state index contributed by atoms with van der Waals surface area (Å²) >= 11 is 0. The molecule has 0 atom stereocenters. The van der Waals surface area contributed by atoms with Gasteiger partial charge in [-0.3, -0.25) is 9.59 Å². The summed E-state index contributed by atoms with van der Waals surface area (Å²) in [6.45, 7) is 10.5. The van der Waals surface area contributed by atoms with Crippen molar-refractivity contribution >= 4 is 18.3 Å². The van der Waals surface area contributed by atoms with Crippen LogP contribution in [0.4, 0.5) is 0 Å². The van der Waals surface area contributed by atoms with Crippen molar-refractivity contribution < 1.29 is 9.53 Å². The van der Waals surface area contributed by atoms with Crippen molar-refractivity contribution in [2.75, 3.05) is 33.4 Å². The summed E-state index contributed by atoms with van der Waals surface area (Å²) in [6, 6.07) is 0. The molecule has 1 saturated heterocycles. The molecule has 7 nitrogen and oxygen atoms in total. The van der Waals surface area contributed by atoms with E-state index in [1.807, 2.05) is 20.8 Å². The fourth-order valence-electron chi connectivity index (χ4n) is 3.20. The molecule has 0 aromatic carbocycles. The van der Waals surface area contributed by atoms with Crippen LogP contribution in [0.5, 0.6) is 0 Å². The predicted octanol–water partition coefficient (Wildman–Crippen LogP) is 1.54. The second-order valence-electron chi connectivity index (χ2n) is 7.99. The van der Waals surface area contributed by atoms with Crippen molar-refractivity contribution in [2.24, 2.45) is 5.41 Å². The number of nitrogens with one attached hydrogen (secondary N) is 3. The zero-order valence-corrected chi connectivity index (χ0v) is 17.1. The third-order valence-corrected chi connectivity index (χ3v) is 4.78. The Bertz CT molecular complexity index is 670. The first-order chi connectivity index (χ1) is 11.7. The smallest absolute Gasteiger partial charge is 0.264 e. The number of rotatable bonds is 5. The molecule has 0 unspecified atom stereocenters. The molecule has 3 N–H and O–H groups in total. The van der Waals surface area contributed by atoms with Gasteiger partial charge in [-0.15, -0.1) is 12.4 Å². The van der Waals surface area contributed by atoms with E-state index in [1.165, 1.54) is 0 Å². The Hall–Kier alpha value is -1.44. The number of H-pyrrole nitrogens is 1. The number of methoxy groups -OCH3 is 1. The molecular formula is C18H31ClN4O3. The molecule has 2 heterocycles. The maximum Gasteiger partial charge on any atom is 0.264 e. The number of hydrogen-bond donors (Lipinski definition) is 3. The van der Waals surface area contributed by atoms with Crippen LogP contribution in [-0.4, -0.2) is 49.2 Å². The molecule has 148 valence electrons. The lowest BCUT2D eigenvalue weighted by Crippen LogP contribution is -2.48. The Morgan fingerprint density at radius 3 is 2.42 bits per heavy atom. The van der Waals surface area contributed by atoms with Gasteiger partial charge in [0, 0.05) is 24.5 Å². The fourth-order valence-corrected chi connectivity index (χ4v) is 3.20. The highest BCUT2D eigenvalue weighted by Gasteiger charge is 2.33. The van der Waals surface area contributed by atoms with Gasteiger partial charge < -0.3 is 20.4 Å². The lowest BCUT2D eigenvalue weighted by atomic mass is 9.79. The van der Waals surface area contributed by atoms with Gasteiger partial charge in [0.2, 0.25) is 0 Å². The third-order valence-electron chi connectivity index (χ3n) is 4.78. The number of carbonyl (C=O) groups is 1. The van der Waals surface area contributed by atoms with Crippen LogP contribution in [0.1, 0.15) is 55.5 Å². The van der Waals surface area contributed by atoms with Crippen LogP contribution in [0, 0.1) is 12.3 Å². The molecule has 1 aliphatic rings. The first-order valence-electron chi connectivity index (χ1n) is 8.78. The number of carbonyl (C=O) groups excluding carboxylic acids is 1. The van der Waals surface area contributed by atoms with Crippen molar-refractivity contribution in [3.8, 4) is 0 Å². The number of aromatic nitrogens is 2. The van der Waals surface area contributed by atoms with E-state index in [4.69, 9.17) is 4.74 Å². The van der Waals surface area contributed by atoms with Crippen molar-refractivity contribution in [3.63, 3.8) is 0 Å². The van der Waals surface area contributed by atoms with Crippen molar-refractivity contribution in [2.45, 2.75) is 46.0 Å². The van der Waals surface area contributed by atoms with E-state index < -0.39 is 0 Å². The third kappa shape index (κ3) is 5.28. The van der Waals surface area contributed by atoms with Gasteiger partial charge in [0.25, 0.3) is 11.5 Å². The first kappa shape index (κ1) is 22.6. The maximum absolute atomic E-state index is 12.6. The summed E-state index contributed by atoms with van der Waals surface area (Å²) in [5, 5.41) is 6.25. The molecule has 0 aliphatic carbocycles. The highest BCUT2D eigenvalue weighted by Crippen LogP contribution is 2.28. The average molecular weight is 387 g/mol. The van der Waals surface area contributed by atoms with Gasteiger partial charge >= 0.3 is 0 Å². The Morgan fingerprint density at radius 1 is 1.31 bits per heavy atom. The van der Waals surface area contributed by atoms with E-state index in [0.717, 1.165) is 25.9 Å². The van der Waals surface area contributed by atoms with E-state index in [9.17, 15) is 9.59 Å². The Labute approximate surface area is 161 Å². The summed E-state index contributed by atoms with van der Waals surface area (Å²) in [4.78, 5) is 32.2. The molecule has 1 aromatic heterocycles. The summed E-state index contributed by atoms with van der Waals surface area (Å²) < 4.78 is 5.36. The number of aryl methyl sites for hydroxylation is 1. The van der Waals surface area contributed by atoms with Crippen molar-refractivity contribution in [1.29, 1.82) is 0 Å². The zero-order chi connectivity index (χ0) is 18.7. The number of hydrogen-bond acceptors (Lipinski definition) is 5. The molecule has 0 bridgehead atoms. The van der Waals surface area contributed by atoms with E-state index in [-0.39, 0.29) is 40.3 Å². The van der Waals surface area contributed by atoms with Gasteiger partial charge in [-0.1, -0.05) is 20.8 Å². The topological polar surface area (TPSA) is 96.1 Å². The molecule has 26 heavy (non-hydrogen) atoms. The first-order valence-corrected chi connectivity index (χ1v) is 8.78. The Kier molecular flexibility index (Phi) is 7.80. The van der Waals surface area contributed by atoms with Gasteiger partial charge in [0.15, 0.2) is 0 Å². The number of ether oxygens (including phenoxy) is 1. The predicted molar refractivity (Wildman–Crippen MR) is 104 cm³/mol. The van der Waals surface area contributed by atoms with Gasteiger partial charge in [-0.05, 0) is 32.9 Å². The zero-order valence-electron chi connectivity index (χ0n) is 16.3. The highest BCUT2D eigenvalue weighted by atomic mass is 35.5. The number of aromatic amines is 1. The van der Waals surface area contributed by atoms with Gasteiger partial charge in [-0.2, -0.15) is 0 Å². The summed E-state index contributed by atoms with van der Waals surface area (Å²) in [5.41, 5.74) is -0.209. The monoisotopic (exact) mass is 386 g/mol. The molecule has 1 amide bonds. The molecule has 0 saturated carbocycles. The minimum absolute atomic E-state index is 0. The fraction of sp³-hybridized carbons (Fsp3) is 0.722. The van der Waals surface area contributed by atoms with Crippen LogP contribution in [-0.2, 0) is 10.2 Å². The second kappa shape index (κ2) is 8.97. The van der Waals surface area contributed by atoms with E-state index in [1.54, 1.807) is 14.0 Å². The van der Waals surface area contributed by atoms with Gasteiger partial charge in [-0.25, -0.2) is 4.98 Å². The van der Waals surface area contributed by atoms with E-state index in [0.29, 0.717) is 24.7 Å². The summed E-state index contributed by atoms with van der Waals surface area (Å²) in [6.07, 6.45) is 1.86. The normalized spacial score (nSPS) is 16.7. The molecule has 1 aromatic rings. The van der Waals surface area contributed by atoms with E-state index >= 15 is 0 Å². The van der Waals surface area contributed by atoms with Crippen molar-refractivity contribution in [3.05, 3.63) is 27.4 Å². The molecule has 1 fully saturated rings. The van der Waals surface area contributed by atoms with Crippen LogP contribution in [0.2, 0.25) is 0 Å². The lowest BCUT2D eigenvalue weighted by molar-refractivity contribution is 0.0511. The number of nitrogens with zero attached hydrogens (tertiary/aromatic N) is 1. The SMILES string of the molecule is COCC1(CNC(=O)c2c(C)nc(C(C)(C)C)[nH]c2=O)CCNCC1.Cl. The standard InChI is InChI=1S/C18H30N4O3.ClH/c1-12-13(15(24)22-16(21-12)17(2,3)4)14(23)20-10-18(11-25-5)6-8-19-9-7-18;/h19H,6-11H2,1-5H3,(H,20,23)(H,21,22,24);1H.